The van der Waals surface area contributed by atoms with Gasteiger partial charge in [-0.05, 0) is 67.5 Å². The Labute approximate surface area is 183 Å². The number of hydrogen-bond acceptors (Lipinski definition) is 5. The van der Waals surface area contributed by atoms with Gasteiger partial charge in [0.25, 0.3) is 10.0 Å². The molecule has 0 unspecified atom stereocenters. The molecule has 0 bridgehead atoms. The molecule has 0 aromatic heterocycles. The van der Waals surface area contributed by atoms with E-state index in [0.717, 1.165) is 31.6 Å². The topological polar surface area (TPSA) is 82.7 Å². The number of nitrogens with one attached hydrogen (secondary N) is 3. The predicted octanol–water partition coefficient (Wildman–Crippen LogP) is 3.57. The Bertz CT molecular complexity index is 1000. The quantitative estimate of drug-likeness (QED) is 0.422. The van der Waals surface area contributed by atoms with Crippen LogP contribution in [0.25, 0.3) is 0 Å². The van der Waals surface area contributed by atoms with Gasteiger partial charge in [-0.15, -0.1) is 6.58 Å². The number of thiocarbonyl (C=S) groups is 1. The van der Waals surface area contributed by atoms with Crippen molar-refractivity contribution >= 4 is 44.4 Å². The lowest BCUT2D eigenvalue weighted by Gasteiger charge is -2.23. The van der Waals surface area contributed by atoms with Crippen molar-refractivity contribution in [2.45, 2.75) is 17.7 Å². The summed E-state index contributed by atoms with van der Waals surface area (Å²) < 4.78 is 33.6. The first-order valence-electron chi connectivity index (χ1n) is 9.64. The van der Waals surface area contributed by atoms with Crippen molar-refractivity contribution in [2.75, 3.05) is 41.7 Å². The highest BCUT2D eigenvalue weighted by Gasteiger charge is 2.21. The summed E-state index contributed by atoms with van der Waals surface area (Å²) in [6.45, 7) is 6.04. The van der Waals surface area contributed by atoms with Crippen molar-refractivity contribution in [3.63, 3.8) is 0 Å². The molecule has 7 nitrogen and oxygen atoms in total. The van der Waals surface area contributed by atoms with Crippen LogP contribution in [0.3, 0.4) is 0 Å². The van der Waals surface area contributed by atoms with Crippen molar-refractivity contribution in [3.05, 3.63) is 55.1 Å². The second-order valence-electron chi connectivity index (χ2n) is 6.83. The Hall–Kier alpha value is -2.78. The van der Waals surface area contributed by atoms with Crippen molar-refractivity contribution in [3.8, 4) is 5.75 Å². The van der Waals surface area contributed by atoms with E-state index >= 15 is 0 Å². The van der Waals surface area contributed by atoms with Crippen LogP contribution >= 0.6 is 12.2 Å². The molecule has 160 valence electrons. The molecule has 1 aliphatic heterocycles. The number of methoxy groups -OCH3 is 1. The molecule has 0 saturated carbocycles. The van der Waals surface area contributed by atoms with Gasteiger partial charge in [-0.2, -0.15) is 0 Å². The highest BCUT2D eigenvalue weighted by Crippen LogP contribution is 2.32. The van der Waals surface area contributed by atoms with Gasteiger partial charge in [0.15, 0.2) is 5.11 Å². The summed E-state index contributed by atoms with van der Waals surface area (Å²) in [5.74, 6) is 0.653. The fraction of sp³-hybridized carbons (Fsp3) is 0.286. The van der Waals surface area contributed by atoms with Crippen LogP contribution in [0.1, 0.15) is 12.8 Å². The van der Waals surface area contributed by atoms with Crippen LogP contribution < -0.4 is 25.0 Å². The maximum absolute atomic E-state index is 13.0. The van der Waals surface area contributed by atoms with Crippen molar-refractivity contribution in [2.24, 2.45) is 0 Å². The van der Waals surface area contributed by atoms with E-state index in [2.05, 4.69) is 26.8 Å². The SMILES string of the molecule is C=CCNC(=S)Nc1cc(S(=O)(=O)Nc2ccc(OC)cc2)ccc1N1CCCC1. The lowest BCUT2D eigenvalue weighted by atomic mass is 10.2. The van der Waals surface area contributed by atoms with E-state index in [0.29, 0.717) is 28.8 Å². The van der Waals surface area contributed by atoms with Crippen LogP contribution in [-0.2, 0) is 10.0 Å². The molecule has 3 N–H and O–H groups in total. The molecule has 0 aliphatic carbocycles. The molecule has 9 heteroatoms. The molecular weight excluding hydrogens is 420 g/mol. The van der Waals surface area contributed by atoms with Crippen LogP contribution in [0.2, 0.25) is 0 Å². The molecule has 0 spiro atoms. The number of sulfonamides is 1. The average molecular weight is 447 g/mol. The van der Waals surface area contributed by atoms with Gasteiger partial charge in [0.05, 0.1) is 23.4 Å². The lowest BCUT2D eigenvalue weighted by Crippen LogP contribution is -2.30. The normalized spacial score (nSPS) is 13.6. The first-order valence-corrected chi connectivity index (χ1v) is 11.5. The first kappa shape index (κ1) is 21.9. The van der Waals surface area contributed by atoms with Crippen LogP contribution in [0, 0.1) is 0 Å². The number of anilines is 3. The second-order valence-corrected chi connectivity index (χ2v) is 8.92. The standard InChI is InChI=1S/C21H26N4O3S2/c1-3-12-22-21(29)23-19-15-18(10-11-20(19)25-13-4-5-14-25)30(26,27)24-16-6-8-17(28-2)9-7-16/h3,6-11,15,24H,1,4-5,12-14H2,2H3,(H2,22,23,29). The minimum Gasteiger partial charge on any atom is -0.497 e. The van der Waals surface area contributed by atoms with Crippen LogP contribution in [-0.4, -0.2) is 40.3 Å². The van der Waals surface area contributed by atoms with Gasteiger partial charge < -0.3 is 20.3 Å². The van der Waals surface area contributed by atoms with Gasteiger partial charge in [0.1, 0.15) is 5.75 Å². The van der Waals surface area contributed by atoms with Gasteiger partial charge in [-0.1, -0.05) is 6.08 Å². The number of ether oxygens (including phenoxy) is 1. The monoisotopic (exact) mass is 446 g/mol. The Morgan fingerprint density at radius 2 is 1.90 bits per heavy atom. The van der Waals surface area contributed by atoms with E-state index in [4.69, 9.17) is 17.0 Å². The average Bonchev–Trinajstić information content (AvgIpc) is 3.27. The number of benzene rings is 2. The predicted molar refractivity (Wildman–Crippen MR) is 126 cm³/mol. The van der Waals surface area contributed by atoms with E-state index in [1.807, 2.05) is 6.07 Å². The molecule has 1 aliphatic rings. The molecule has 1 saturated heterocycles. The Morgan fingerprint density at radius 3 is 2.53 bits per heavy atom. The largest absolute Gasteiger partial charge is 0.497 e. The summed E-state index contributed by atoms with van der Waals surface area (Å²) in [5.41, 5.74) is 2.03. The molecule has 0 atom stereocenters. The molecule has 1 heterocycles. The first-order chi connectivity index (χ1) is 14.4. The Morgan fingerprint density at radius 1 is 1.20 bits per heavy atom. The fourth-order valence-electron chi connectivity index (χ4n) is 3.22. The van der Waals surface area contributed by atoms with Gasteiger partial charge in [0.2, 0.25) is 0 Å². The number of rotatable bonds is 8. The molecule has 1 fully saturated rings. The zero-order valence-corrected chi connectivity index (χ0v) is 18.5. The van der Waals surface area contributed by atoms with Crippen molar-refractivity contribution < 1.29 is 13.2 Å². The van der Waals surface area contributed by atoms with Gasteiger partial charge in [-0.3, -0.25) is 4.72 Å². The minimum absolute atomic E-state index is 0.148. The van der Waals surface area contributed by atoms with Crippen LogP contribution in [0.4, 0.5) is 17.1 Å². The number of nitrogens with zero attached hydrogens (tertiary/aromatic N) is 1. The molecule has 0 amide bonds. The zero-order chi connectivity index (χ0) is 21.6. The molecule has 3 rings (SSSR count). The van der Waals surface area contributed by atoms with Crippen LogP contribution in [0.15, 0.2) is 60.0 Å². The summed E-state index contributed by atoms with van der Waals surface area (Å²) in [6, 6.07) is 11.8. The summed E-state index contributed by atoms with van der Waals surface area (Å²) in [6.07, 6.45) is 3.92. The smallest absolute Gasteiger partial charge is 0.261 e. The van der Waals surface area contributed by atoms with Gasteiger partial charge >= 0.3 is 0 Å². The van der Waals surface area contributed by atoms with E-state index < -0.39 is 10.0 Å². The van der Waals surface area contributed by atoms with E-state index in [1.165, 1.54) is 0 Å². The van der Waals surface area contributed by atoms with E-state index in [-0.39, 0.29) is 4.90 Å². The maximum Gasteiger partial charge on any atom is 0.261 e. The summed E-state index contributed by atoms with van der Waals surface area (Å²) in [7, 11) is -2.22. The third kappa shape index (κ3) is 5.43. The fourth-order valence-corrected chi connectivity index (χ4v) is 4.50. The third-order valence-electron chi connectivity index (χ3n) is 4.72. The van der Waals surface area contributed by atoms with Crippen LogP contribution in [0.5, 0.6) is 5.75 Å². The lowest BCUT2D eigenvalue weighted by molar-refractivity contribution is 0.415. The van der Waals surface area contributed by atoms with Gasteiger partial charge in [-0.25, -0.2) is 8.42 Å². The summed E-state index contributed by atoms with van der Waals surface area (Å²) >= 11 is 5.34. The third-order valence-corrected chi connectivity index (χ3v) is 6.35. The van der Waals surface area contributed by atoms with E-state index in [9.17, 15) is 8.42 Å². The molecule has 2 aromatic rings. The van der Waals surface area contributed by atoms with E-state index in [1.54, 1.807) is 49.6 Å². The molecule has 30 heavy (non-hydrogen) atoms. The zero-order valence-electron chi connectivity index (χ0n) is 16.8. The number of hydrogen-bond donors (Lipinski definition) is 3. The Balaban J connectivity index is 1.88. The highest BCUT2D eigenvalue weighted by molar-refractivity contribution is 7.92. The molecule has 2 aromatic carbocycles. The van der Waals surface area contributed by atoms with Crippen molar-refractivity contribution in [1.82, 2.24) is 5.32 Å². The summed E-state index contributed by atoms with van der Waals surface area (Å²) in [4.78, 5) is 2.38. The maximum atomic E-state index is 13.0. The minimum atomic E-state index is -3.78. The second kappa shape index (κ2) is 9.82. The molecular formula is C21H26N4O3S2. The van der Waals surface area contributed by atoms with Gasteiger partial charge in [0, 0.05) is 25.3 Å². The van der Waals surface area contributed by atoms with Crippen molar-refractivity contribution in [1.29, 1.82) is 0 Å². The Kier molecular flexibility index (Phi) is 7.17. The summed E-state index contributed by atoms with van der Waals surface area (Å²) in [5, 5.41) is 6.56. The molecule has 0 radical (unpaired) electrons. The highest BCUT2D eigenvalue weighted by atomic mass is 32.2.